The molecule has 0 radical (unpaired) electrons. The second-order valence-electron chi connectivity index (χ2n) is 4.74. The molecule has 1 aromatic rings. The second-order valence-corrected chi connectivity index (χ2v) is 5.05. The summed E-state index contributed by atoms with van der Waals surface area (Å²) in [4.78, 5) is 28.4. The van der Waals surface area contributed by atoms with Crippen LogP contribution in [0, 0.1) is 0 Å². The van der Waals surface area contributed by atoms with E-state index in [0.29, 0.717) is 0 Å². The van der Waals surface area contributed by atoms with Gasteiger partial charge in [-0.1, -0.05) is 5.11 Å². The number of azide groups is 1. The van der Waals surface area contributed by atoms with Gasteiger partial charge in [0.05, 0.1) is 18.8 Å². The Kier molecular flexibility index (Phi) is 5.22. The Balaban J connectivity index is 2.43. The van der Waals surface area contributed by atoms with Crippen LogP contribution in [-0.2, 0) is 4.74 Å². The zero-order valence-electron chi connectivity index (χ0n) is 11.3. The number of aromatic amines is 1. The van der Waals surface area contributed by atoms with Crippen molar-refractivity contribution in [3.63, 3.8) is 0 Å². The van der Waals surface area contributed by atoms with Gasteiger partial charge in [-0.05, 0) is 5.53 Å². The SMILES string of the molecule is [N-]=[N+]=NC(CCl)c1cn(C2CC(O)C(CO)O2)c(=O)[nH]c1=O. The minimum atomic E-state index is -0.942. The fourth-order valence-electron chi connectivity index (χ4n) is 2.24. The summed E-state index contributed by atoms with van der Waals surface area (Å²) in [5.74, 6) is -0.140. The predicted octanol–water partition coefficient (Wildman–Crippen LogP) is -0.233. The number of aromatic nitrogens is 2. The predicted molar refractivity (Wildman–Crippen MR) is 75.5 cm³/mol. The first-order valence-electron chi connectivity index (χ1n) is 6.41. The van der Waals surface area contributed by atoms with Gasteiger partial charge in [0, 0.05) is 29.0 Å². The summed E-state index contributed by atoms with van der Waals surface area (Å²) in [6.45, 7) is -0.397. The monoisotopic (exact) mass is 331 g/mol. The molecule has 10 nitrogen and oxygen atoms in total. The highest BCUT2D eigenvalue weighted by molar-refractivity contribution is 6.18. The molecule has 0 aliphatic carbocycles. The molecule has 1 saturated heterocycles. The summed E-state index contributed by atoms with van der Waals surface area (Å²) in [7, 11) is 0. The van der Waals surface area contributed by atoms with Crippen molar-refractivity contribution < 1.29 is 14.9 Å². The largest absolute Gasteiger partial charge is 0.394 e. The van der Waals surface area contributed by atoms with Gasteiger partial charge in [0.25, 0.3) is 5.56 Å². The van der Waals surface area contributed by atoms with Crippen LogP contribution >= 0.6 is 11.6 Å². The van der Waals surface area contributed by atoms with Crippen LogP contribution in [-0.4, -0.2) is 44.5 Å². The van der Waals surface area contributed by atoms with Crippen molar-refractivity contribution >= 4 is 11.6 Å². The van der Waals surface area contributed by atoms with Gasteiger partial charge in [0.2, 0.25) is 0 Å². The van der Waals surface area contributed by atoms with E-state index in [-0.39, 0.29) is 17.9 Å². The third-order valence-electron chi connectivity index (χ3n) is 3.39. The van der Waals surface area contributed by atoms with Crippen molar-refractivity contribution in [3.05, 3.63) is 43.0 Å². The number of alkyl halides is 1. The number of nitrogens with zero attached hydrogens (tertiary/aromatic N) is 4. The lowest BCUT2D eigenvalue weighted by Gasteiger charge is -2.16. The first kappa shape index (κ1) is 16.5. The number of halogens is 1. The van der Waals surface area contributed by atoms with E-state index in [2.05, 4.69) is 15.0 Å². The Morgan fingerprint density at radius 3 is 2.91 bits per heavy atom. The topological polar surface area (TPSA) is 153 Å². The standard InChI is InChI=1S/C11H14ClN5O5/c12-2-6(15-16-13)5-3-17(11(21)14-10(5)20)9-1-7(19)8(4-18)22-9/h3,6-9,18-19H,1-2,4H2,(H,14,20,21). The van der Waals surface area contributed by atoms with E-state index in [1.165, 1.54) is 6.20 Å². The minimum Gasteiger partial charge on any atom is -0.394 e. The molecule has 3 N–H and O–H groups in total. The molecule has 1 aromatic heterocycles. The molecule has 0 spiro atoms. The lowest BCUT2D eigenvalue weighted by atomic mass is 10.1. The number of hydrogen-bond acceptors (Lipinski definition) is 6. The molecule has 0 bridgehead atoms. The van der Waals surface area contributed by atoms with Crippen LogP contribution < -0.4 is 11.2 Å². The highest BCUT2D eigenvalue weighted by Gasteiger charge is 2.35. The molecule has 4 atom stereocenters. The van der Waals surface area contributed by atoms with Crippen LogP contribution in [0.3, 0.4) is 0 Å². The average molecular weight is 332 g/mol. The number of ether oxygens (including phenoxy) is 1. The Bertz CT molecular complexity index is 697. The lowest BCUT2D eigenvalue weighted by Crippen LogP contribution is -2.35. The molecule has 2 rings (SSSR count). The molecule has 1 aliphatic heterocycles. The van der Waals surface area contributed by atoms with Gasteiger partial charge < -0.3 is 14.9 Å². The molecule has 120 valence electrons. The summed E-state index contributed by atoms with van der Waals surface area (Å²) in [5.41, 5.74) is 7.05. The van der Waals surface area contributed by atoms with Gasteiger partial charge in [-0.25, -0.2) is 4.79 Å². The maximum Gasteiger partial charge on any atom is 0.330 e. The fraction of sp³-hybridized carbons (Fsp3) is 0.636. The van der Waals surface area contributed by atoms with Crippen LogP contribution in [0.4, 0.5) is 0 Å². The van der Waals surface area contributed by atoms with Crippen molar-refractivity contribution in [3.8, 4) is 0 Å². The number of aliphatic hydroxyl groups excluding tert-OH is 2. The van der Waals surface area contributed by atoms with E-state index in [1.54, 1.807) is 0 Å². The summed E-state index contributed by atoms with van der Waals surface area (Å²) >= 11 is 5.66. The fourth-order valence-corrected chi connectivity index (χ4v) is 2.47. The third kappa shape index (κ3) is 3.16. The zero-order chi connectivity index (χ0) is 16.3. The van der Waals surface area contributed by atoms with Crippen molar-refractivity contribution in [1.29, 1.82) is 0 Å². The van der Waals surface area contributed by atoms with Crippen LogP contribution in [0.15, 0.2) is 20.9 Å². The molecule has 22 heavy (non-hydrogen) atoms. The molecule has 11 heteroatoms. The molecule has 0 saturated carbocycles. The Hall–Kier alpha value is -1.84. The number of aliphatic hydroxyl groups is 2. The number of H-pyrrole nitrogens is 1. The van der Waals surface area contributed by atoms with E-state index in [1.807, 2.05) is 0 Å². The highest BCUT2D eigenvalue weighted by atomic mass is 35.5. The van der Waals surface area contributed by atoms with E-state index in [4.69, 9.17) is 27.0 Å². The van der Waals surface area contributed by atoms with Crippen molar-refractivity contribution in [2.75, 3.05) is 12.5 Å². The maximum absolute atomic E-state index is 11.9. The van der Waals surface area contributed by atoms with Crippen LogP contribution in [0.5, 0.6) is 0 Å². The van der Waals surface area contributed by atoms with Gasteiger partial charge in [-0.15, -0.1) is 11.6 Å². The molecule has 0 amide bonds. The first-order valence-corrected chi connectivity index (χ1v) is 6.95. The Morgan fingerprint density at radius 2 is 2.36 bits per heavy atom. The summed E-state index contributed by atoms with van der Waals surface area (Å²) < 4.78 is 6.43. The smallest absolute Gasteiger partial charge is 0.330 e. The van der Waals surface area contributed by atoms with Crippen molar-refractivity contribution in [1.82, 2.24) is 9.55 Å². The van der Waals surface area contributed by atoms with Gasteiger partial charge in [-0.3, -0.25) is 14.3 Å². The van der Waals surface area contributed by atoms with Gasteiger partial charge in [0.1, 0.15) is 12.3 Å². The maximum atomic E-state index is 11.9. The average Bonchev–Trinajstić information content (AvgIpc) is 2.86. The van der Waals surface area contributed by atoms with Crippen molar-refractivity contribution in [2.24, 2.45) is 5.11 Å². The normalized spacial score (nSPS) is 25.7. The Morgan fingerprint density at radius 1 is 1.64 bits per heavy atom. The quantitative estimate of drug-likeness (QED) is 0.294. The van der Waals surface area contributed by atoms with E-state index in [9.17, 15) is 14.7 Å². The summed E-state index contributed by atoms with van der Waals surface area (Å²) in [5, 5.41) is 22.2. The number of nitrogens with one attached hydrogen (secondary N) is 1. The lowest BCUT2D eigenvalue weighted by molar-refractivity contribution is -0.0460. The molecule has 4 unspecified atom stereocenters. The molecular formula is C11H14ClN5O5. The molecule has 2 heterocycles. The minimum absolute atomic E-state index is 0.0120. The molecule has 1 aliphatic rings. The van der Waals surface area contributed by atoms with E-state index >= 15 is 0 Å². The Labute approximate surface area is 128 Å². The molecule has 0 aromatic carbocycles. The van der Waals surface area contributed by atoms with Gasteiger partial charge >= 0.3 is 5.69 Å². The van der Waals surface area contributed by atoms with Gasteiger partial charge in [0.15, 0.2) is 0 Å². The van der Waals surface area contributed by atoms with Crippen LogP contribution in [0.1, 0.15) is 24.3 Å². The van der Waals surface area contributed by atoms with Crippen LogP contribution in [0.25, 0.3) is 10.4 Å². The van der Waals surface area contributed by atoms with E-state index < -0.39 is 42.3 Å². The van der Waals surface area contributed by atoms with Crippen LogP contribution in [0.2, 0.25) is 0 Å². The first-order chi connectivity index (χ1) is 10.5. The second kappa shape index (κ2) is 6.95. The van der Waals surface area contributed by atoms with Crippen molar-refractivity contribution in [2.45, 2.75) is 30.9 Å². The third-order valence-corrected chi connectivity index (χ3v) is 3.68. The molecule has 1 fully saturated rings. The summed E-state index contributed by atoms with van der Waals surface area (Å²) in [6.07, 6.45) is -1.33. The highest BCUT2D eigenvalue weighted by Crippen LogP contribution is 2.27. The number of hydrogen-bond donors (Lipinski definition) is 3. The number of rotatable bonds is 5. The van der Waals surface area contributed by atoms with E-state index in [0.717, 1.165) is 4.57 Å². The van der Waals surface area contributed by atoms with Gasteiger partial charge in [-0.2, -0.15) is 0 Å². The summed E-state index contributed by atoms with van der Waals surface area (Å²) in [6, 6.07) is -0.942. The molecular weight excluding hydrogens is 318 g/mol. The zero-order valence-corrected chi connectivity index (χ0v) is 12.0.